The van der Waals surface area contributed by atoms with E-state index in [1.165, 1.54) is 27.5 Å². The molecule has 0 aliphatic heterocycles. The maximum absolute atomic E-state index is 12.1. The monoisotopic (exact) mass is 399 g/mol. The number of para-hydroxylation sites is 1. The number of methoxy groups -OCH3 is 3. The Bertz CT molecular complexity index is 871. The Morgan fingerprint density at radius 2 is 1.66 bits per heavy atom. The van der Waals surface area contributed by atoms with Gasteiger partial charge in [0.15, 0.2) is 11.5 Å². The van der Waals surface area contributed by atoms with E-state index in [9.17, 15) is 9.59 Å². The molecule has 2 aromatic rings. The first kappa shape index (κ1) is 21.7. The summed E-state index contributed by atoms with van der Waals surface area (Å²) in [5.74, 6) is 0.453. The average molecular weight is 399 g/mol. The number of rotatable bonds is 9. The van der Waals surface area contributed by atoms with Gasteiger partial charge in [0.2, 0.25) is 17.6 Å². The number of nitrogens with zero attached hydrogens (tertiary/aromatic N) is 1. The minimum Gasteiger partial charge on any atom is -0.493 e. The molecule has 154 valence electrons. The molecule has 0 heterocycles. The van der Waals surface area contributed by atoms with E-state index < -0.39 is 11.8 Å². The standard InChI is InChI=1S/C21H25N3O5/c1-5-15-8-6-7-9-16(15)23-19(25)12-20(26)24-22-13-14-10-17(27-2)21(29-4)18(11-14)28-3/h6-11,13H,5,12H2,1-4H3,(H,23,25)(H,24,26). The summed E-state index contributed by atoms with van der Waals surface area (Å²) in [7, 11) is 4.53. The van der Waals surface area contributed by atoms with Crippen molar-refractivity contribution in [3.63, 3.8) is 0 Å². The number of amides is 2. The summed E-state index contributed by atoms with van der Waals surface area (Å²) in [6.45, 7) is 2.00. The van der Waals surface area contributed by atoms with Crippen LogP contribution in [0.15, 0.2) is 41.5 Å². The maximum Gasteiger partial charge on any atom is 0.249 e. The van der Waals surface area contributed by atoms with Gasteiger partial charge in [0.05, 0.1) is 27.5 Å². The van der Waals surface area contributed by atoms with Gasteiger partial charge in [-0.25, -0.2) is 5.43 Å². The van der Waals surface area contributed by atoms with E-state index in [1.807, 2.05) is 25.1 Å². The van der Waals surface area contributed by atoms with Gasteiger partial charge in [-0.2, -0.15) is 5.10 Å². The largest absolute Gasteiger partial charge is 0.493 e. The summed E-state index contributed by atoms with van der Waals surface area (Å²) in [5.41, 5.74) is 4.67. The Hall–Kier alpha value is -3.55. The Morgan fingerprint density at radius 3 is 2.24 bits per heavy atom. The summed E-state index contributed by atoms with van der Waals surface area (Å²) < 4.78 is 15.8. The van der Waals surface area contributed by atoms with Crippen LogP contribution < -0.4 is 25.0 Å². The molecule has 0 spiro atoms. The van der Waals surface area contributed by atoms with Crippen LogP contribution in [0.25, 0.3) is 0 Å². The van der Waals surface area contributed by atoms with Crippen LogP contribution in [0.3, 0.4) is 0 Å². The molecule has 2 aromatic carbocycles. The zero-order valence-corrected chi connectivity index (χ0v) is 16.9. The molecule has 0 aliphatic carbocycles. The van der Waals surface area contributed by atoms with E-state index in [0.29, 0.717) is 28.5 Å². The van der Waals surface area contributed by atoms with Gasteiger partial charge in [0, 0.05) is 11.3 Å². The number of hydrogen-bond donors (Lipinski definition) is 2. The Balaban J connectivity index is 1.96. The molecular formula is C21H25N3O5. The normalized spacial score (nSPS) is 10.5. The van der Waals surface area contributed by atoms with Gasteiger partial charge >= 0.3 is 0 Å². The van der Waals surface area contributed by atoms with E-state index in [-0.39, 0.29) is 6.42 Å². The number of carbonyl (C=O) groups excluding carboxylic acids is 2. The molecule has 2 amide bonds. The number of ether oxygens (including phenoxy) is 3. The number of hydrogen-bond acceptors (Lipinski definition) is 6. The lowest BCUT2D eigenvalue weighted by Crippen LogP contribution is -2.25. The van der Waals surface area contributed by atoms with Crippen molar-refractivity contribution in [2.45, 2.75) is 19.8 Å². The van der Waals surface area contributed by atoms with Crippen molar-refractivity contribution in [2.75, 3.05) is 26.6 Å². The molecular weight excluding hydrogens is 374 g/mol. The molecule has 8 heteroatoms. The molecule has 0 unspecified atom stereocenters. The molecule has 0 bridgehead atoms. The first-order valence-electron chi connectivity index (χ1n) is 9.02. The lowest BCUT2D eigenvalue weighted by atomic mass is 10.1. The molecule has 0 saturated heterocycles. The van der Waals surface area contributed by atoms with Gasteiger partial charge in [-0.1, -0.05) is 25.1 Å². The van der Waals surface area contributed by atoms with Gasteiger partial charge in [0.25, 0.3) is 0 Å². The second-order valence-corrected chi connectivity index (χ2v) is 5.99. The molecule has 2 N–H and O–H groups in total. The number of carbonyl (C=O) groups is 2. The summed E-state index contributed by atoms with van der Waals surface area (Å²) in [6.07, 6.45) is 1.86. The van der Waals surface area contributed by atoms with Gasteiger partial charge in [-0.3, -0.25) is 9.59 Å². The molecule has 8 nitrogen and oxygen atoms in total. The number of aryl methyl sites for hydroxylation is 1. The Morgan fingerprint density at radius 1 is 1.00 bits per heavy atom. The SMILES string of the molecule is CCc1ccccc1NC(=O)CC(=O)NN=Cc1cc(OC)c(OC)c(OC)c1. The van der Waals surface area contributed by atoms with Crippen LogP contribution in [0.4, 0.5) is 5.69 Å². The lowest BCUT2D eigenvalue weighted by Gasteiger charge is -2.12. The third kappa shape index (κ3) is 5.97. The first-order valence-corrected chi connectivity index (χ1v) is 9.02. The minimum atomic E-state index is -0.528. The van der Waals surface area contributed by atoms with Crippen LogP contribution in [0.5, 0.6) is 17.2 Å². The highest BCUT2D eigenvalue weighted by atomic mass is 16.5. The fourth-order valence-corrected chi connectivity index (χ4v) is 2.69. The van der Waals surface area contributed by atoms with Crippen molar-refractivity contribution < 1.29 is 23.8 Å². The van der Waals surface area contributed by atoms with Crippen molar-refractivity contribution in [3.05, 3.63) is 47.5 Å². The van der Waals surface area contributed by atoms with Gasteiger partial charge in [-0.15, -0.1) is 0 Å². The third-order valence-corrected chi connectivity index (χ3v) is 4.08. The highest BCUT2D eigenvalue weighted by Gasteiger charge is 2.13. The molecule has 0 radical (unpaired) electrons. The minimum absolute atomic E-state index is 0.343. The molecule has 0 saturated carbocycles. The van der Waals surface area contributed by atoms with Crippen LogP contribution >= 0.6 is 0 Å². The molecule has 2 rings (SSSR count). The Kier molecular flexibility index (Phi) is 8.02. The molecule has 0 fully saturated rings. The van der Waals surface area contributed by atoms with Crippen LogP contribution in [-0.2, 0) is 16.0 Å². The van der Waals surface area contributed by atoms with Crippen molar-refractivity contribution >= 4 is 23.7 Å². The molecule has 0 aliphatic rings. The highest BCUT2D eigenvalue weighted by molar-refractivity contribution is 6.04. The molecule has 0 aromatic heterocycles. The summed E-state index contributed by atoms with van der Waals surface area (Å²) >= 11 is 0. The fourth-order valence-electron chi connectivity index (χ4n) is 2.69. The summed E-state index contributed by atoms with van der Waals surface area (Å²) in [4.78, 5) is 24.1. The van der Waals surface area contributed by atoms with E-state index in [2.05, 4.69) is 15.8 Å². The molecule has 29 heavy (non-hydrogen) atoms. The fraction of sp³-hybridized carbons (Fsp3) is 0.286. The second-order valence-electron chi connectivity index (χ2n) is 5.99. The second kappa shape index (κ2) is 10.7. The summed E-state index contributed by atoms with van der Waals surface area (Å²) in [6, 6.07) is 10.8. The lowest BCUT2D eigenvalue weighted by molar-refractivity contribution is -0.126. The predicted molar refractivity (Wildman–Crippen MR) is 111 cm³/mol. The smallest absolute Gasteiger partial charge is 0.249 e. The third-order valence-electron chi connectivity index (χ3n) is 4.08. The maximum atomic E-state index is 12.1. The van der Waals surface area contributed by atoms with E-state index in [4.69, 9.17) is 14.2 Å². The summed E-state index contributed by atoms with van der Waals surface area (Å²) in [5, 5.41) is 6.63. The topological polar surface area (TPSA) is 98.3 Å². The van der Waals surface area contributed by atoms with Gasteiger partial charge < -0.3 is 19.5 Å². The van der Waals surface area contributed by atoms with E-state index in [0.717, 1.165) is 12.0 Å². The van der Waals surface area contributed by atoms with Crippen molar-refractivity contribution in [3.8, 4) is 17.2 Å². The average Bonchev–Trinajstić information content (AvgIpc) is 2.73. The van der Waals surface area contributed by atoms with Crippen LogP contribution in [0.1, 0.15) is 24.5 Å². The quantitative estimate of drug-likeness (QED) is 0.384. The van der Waals surface area contributed by atoms with Crippen LogP contribution in [0, 0.1) is 0 Å². The number of nitrogens with one attached hydrogen (secondary N) is 2. The van der Waals surface area contributed by atoms with E-state index in [1.54, 1.807) is 18.2 Å². The Labute approximate surface area is 169 Å². The predicted octanol–water partition coefficient (Wildman–Crippen LogP) is 2.75. The number of benzene rings is 2. The van der Waals surface area contributed by atoms with Crippen molar-refractivity contribution in [1.82, 2.24) is 5.43 Å². The van der Waals surface area contributed by atoms with Gasteiger partial charge in [0.1, 0.15) is 6.42 Å². The van der Waals surface area contributed by atoms with E-state index >= 15 is 0 Å². The zero-order chi connectivity index (χ0) is 21.2. The first-order chi connectivity index (χ1) is 14.0. The molecule has 0 atom stereocenters. The zero-order valence-electron chi connectivity index (χ0n) is 16.9. The van der Waals surface area contributed by atoms with Crippen molar-refractivity contribution in [2.24, 2.45) is 5.10 Å². The van der Waals surface area contributed by atoms with Crippen LogP contribution in [-0.4, -0.2) is 39.4 Å². The van der Waals surface area contributed by atoms with Crippen LogP contribution in [0.2, 0.25) is 0 Å². The highest BCUT2D eigenvalue weighted by Crippen LogP contribution is 2.37. The number of hydrazone groups is 1. The van der Waals surface area contributed by atoms with Crippen molar-refractivity contribution in [1.29, 1.82) is 0 Å². The van der Waals surface area contributed by atoms with Gasteiger partial charge in [-0.05, 0) is 30.2 Å². The number of anilines is 1.